The molecule has 1 heterocycles. The first-order valence-corrected chi connectivity index (χ1v) is 6.79. The molecule has 1 aromatic carbocycles. The van der Waals surface area contributed by atoms with Crippen LogP contribution in [0.1, 0.15) is 36.2 Å². The number of rotatable bonds is 5. The average Bonchev–Trinajstić information content (AvgIpc) is 2.74. The molecule has 3 N–H and O–H groups in total. The zero-order valence-electron chi connectivity index (χ0n) is 11.2. The first-order chi connectivity index (χ1) is 9.17. The fourth-order valence-corrected chi connectivity index (χ4v) is 2.48. The summed E-state index contributed by atoms with van der Waals surface area (Å²) in [6.45, 7) is 4.99. The number of hydrazine groups is 1. The number of nitrogens with two attached hydrogens (primary N) is 1. The van der Waals surface area contributed by atoms with Crippen molar-refractivity contribution in [1.82, 2.24) is 15.2 Å². The minimum absolute atomic E-state index is 0.151. The first-order valence-electron chi connectivity index (χ1n) is 6.41. The Kier molecular flexibility index (Phi) is 4.58. The quantitative estimate of drug-likeness (QED) is 0.653. The van der Waals surface area contributed by atoms with Gasteiger partial charge in [-0.3, -0.25) is 10.5 Å². The molecule has 1 atom stereocenters. The zero-order chi connectivity index (χ0) is 13.8. The van der Waals surface area contributed by atoms with Crippen LogP contribution in [-0.4, -0.2) is 9.78 Å². The first kappa shape index (κ1) is 14.1. The Bertz CT molecular complexity index is 550. The molecule has 0 aliphatic heterocycles. The lowest BCUT2D eigenvalue weighted by Gasteiger charge is -2.19. The van der Waals surface area contributed by atoms with Crippen LogP contribution in [0.5, 0.6) is 0 Å². The van der Waals surface area contributed by atoms with Gasteiger partial charge in [0.2, 0.25) is 0 Å². The van der Waals surface area contributed by atoms with E-state index in [1.165, 1.54) is 5.56 Å². The van der Waals surface area contributed by atoms with Crippen LogP contribution < -0.4 is 11.3 Å². The van der Waals surface area contributed by atoms with Crippen molar-refractivity contribution in [3.8, 4) is 0 Å². The molecular formula is C14H19ClN4. The van der Waals surface area contributed by atoms with Crippen LogP contribution in [0.2, 0.25) is 5.02 Å². The molecule has 0 spiro atoms. The van der Waals surface area contributed by atoms with E-state index in [2.05, 4.69) is 36.5 Å². The largest absolute Gasteiger partial charge is 0.271 e. The lowest BCUT2D eigenvalue weighted by molar-refractivity contribution is 0.521. The van der Waals surface area contributed by atoms with E-state index in [1.54, 1.807) is 6.20 Å². The molecule has 0 saturated carbocycles. The van der Waals surface area contributed by atoms with Crippen molar-refractivity contribution in [2.75, 3.05) is 0 Å². The van der Waals surface area contributed by atoms with E-state index in [4.69, 9.17) is 17.4 Å². The Hall–Kier alpha value is -1.36. The number of benzene rings is 1. The minimum atomic E-state index is -0.151. The van der Waals surface area contributed by atoms with Crippen LogP contribution >= 0.6 is 11.6 Å². The van der Waals surface area contributed by atoms with Gasteiger partial charge in [-0.2, -0.15) is 5.10 Å². The number of aromatic nitrogens is 2. The summed E-state index contributed by atoms with van der Waals surface area (Å²) in [5.41, 5.74) is 6.03. The van der Waals surface area contributed by atoms with E-state index >= 15 is 0 Å². The summed E-state index contributed by atoms with van der Waals surface area (Å²) in [4.78, 5) is 0. The third kappa shape index (κ3) is 2.97. The molecule has 4 nitrogen and oxygen atoms in total. The topological polar surface area (TPSA) is 55.9 Å². The highest BCUT2D eigenvalue weighted by atomic mass is 35.5. The number of hydrogen-bond donors (Lipinski definition) is 2. The Morgan fingerprint density at radius 1 is 1.47 bits per heavy atom. The van der Waals surface area contributed by atoms with Crippen LogP contribution in [0.25, 0.3) is 0 Å². The van der Waals surface area contributed by atoms with Crippen molar-refractivity contribution in [2.45, 2.75) is 32.9 Å². The van der Waals surface area contributed by atoms with Crippen molar-refractivity contribution >= 4 is 11.6 Å². The monoisotopic (exact) mass is 278 g/mol. The van der Waals surface area contributed by atoms with Crippen molar-refractivity contribution in [1.29, 1.82) is 0 Å². The van der Waals surface area contributed by atoms with E-state index in [0.717, 1.165) is 24.2 Å². The van der Waals surface area contributed by atoms with Crippen LogP contribution in [0.4, 0.5) is 0 Å². The number of hydrogen-bond acceptors (Lipinski definition) is 3. The molecule has 0 aliphatic rings. The van der Waals surface area contributed by atoms with Gasteiger partial charge in [0.15, 0.2) is 0 Å². The molecule has 19 heavy (non-hydrogen) atoms. The summed E-state index contributed by atoms with van der Waals surface area (Å²) >= 11 is 6.26. The van der Waals surface area contributed by atoms with Gasteiger partial charge in [0.25, 0.3) is 0 Å². The fraction of sp³-hybridized carbons (Fsp3) is 0.357. The predicted molar refractivity (Wildman–Crippen MR) is 77.9 cm³/mol. The van der Waals surface area contributed by atoms with Gasteiger partial charge in [0, 0.05) is 6.54 Å². The Labute approximate surface area is 118 Å². The van der Waals surface area contributed by atoms with E-state index in [1.807, 2.05) is 16.8 Å². The Morgan fingerprint density at radius 3 is 2.89 bits per heavy atom. The van der Waals surface area contributed by atoms with Crippen molar-refractivity contribution in [2.24, 2.45) is 5.84 Å². The highest BCUT2D eigenvalue weighted by Gasteiger charge is 2.20. The smallest absolute Gasteiger partial charge is 0.0893 e. The summed E-state index contributed by atoms with van der Waals surface area (Å²) in [5.74, 6) is 5.73. The third-order valence-corrected chi connectivity index (χ3v) is 3.38. The van der Waals surface area contributed by atoms with E-state index in [0.29, 0.717) is 5.02 Å². The van der Waals surface area contributed by atoms with Gasteiger partial charge in [-0.05, 0) is 18.9 Å². The van der Waals surface area contributed by atoms with Crippen LogP contribution in [-0.2, 0) is 6.54 Å². The summed E-state index contributed by atoms with van der Waals surface area (Å²) < 4.78 is 1.91. The van der Waals surface area contributed by atoms with Crippen LogP contribution in [0, 0.1) is 6.92 Å². The molecule has 0 bridgehead atoms. The van der Waals surface area contributed by atoms with Gasteiger partial charge in [-0.1, -0.05) is 48.4 Å². The molecule has 1 unspecified atom stereocenters. The van der Waals surface area contributed by atoms with E-state index in [9.17, 15) is 0 Å². The fourth-order valence-electron chi connectivity index (χ4n) is 2.23. The van der Waals surface area contributed by atoms with Crippen molar-refractivity contribution in [3.63, 3.8) is 0 Å². The summed E-state index contributed by atoms with van der Waals surface area (Å²) in [6, 6.07) is 8.06. The van der Waals surface area contributed by atoms with Crippen molar-refractivity contribution in [3.05, 3.63) is 52.3 Å². The molecule has 0 fully saturated rings. The molecule has 5 heteroatoms. The Morgan fingerprint density at radius 2 is 2.26 bits per heavy atom. The summed E-state index contributed by atoms with van der Waals surface area (Å²) in [6.07, 6.45) is 2.67. The molecule has 0 aliphatic carbocycles. The molecule has 2 rings (SSSR count). The summed E-state index contributed by atoms with van der Waals surface area (Å²) in [7, 11) is 0. The second-order valence-corrected chi connectivity index (χ2v) is 5.02. The second-order valence-electron chi connectivity index (χ2n) is 4.61. The zero-order valence-corrected chi connectivity index (χ0v) is 12.0. The molecular weight excluding hydrogens is 260 g/mol. The van der Waals surface area contributed by atoms with Crippen LogP contribution in [0.15, 0.2) is 30.5 Å². The SMILES string of the molecule is CCCn1ncc(Cl)c1C(NN)c1cccc(C)c1. The highest BCUT2D eigenvalue weighted by molar-refractivity contribution is 6.31. The standard InChI is InChI=1S/C14H19ClN4/c1-3-7-19-14(12(15)9-17-19)13(18-16)11-6-4-5-10(2)8-11/h4-6,8-9,13,18H,3,7,16H2,1-2H3. The van der Waals surface area contributed by atoms with Gasteiger partial charge in [0.05, 0.1) is 23.0 Å². The number of aryl methyl sites for hydroxylation is 2. The maximum Gasteiger partial charge on any atom is 0.0893 e. The maximum atomic E-state index is 6.26. The van der Waals surface area contributed by atoms with Crippen molar-refractivity contribution < 1.29 is 0 Å². The van der Waals surface area contributed by atoms with Gasteiger partial charge in [-0.25, -0.2) is 5.43 Å². The average molecular weight is 279 g/mol. The molecule has 1 aromatic heterocycles. The minimum Gasteiger partial charge on any atom is -0.271 e. The van der Waals surface area contributed by atoms with Gasteiger partial charge < -0.3 is 0 Å². The lowest BCUT2D eigenvalue weighted by atomic mass is 10.0. The maximum absolute atomic E-state index is 6.26. The number of halogens is 1. The second kappa shape index (κ2) is 6.19. The molecule has 0 saturated heterocycles. The molecule has 0 radical (unpaired) electrons. The number of nitrogens with zero attached hydrogens (tertiary/aromatic N) is 2. The van der Waals surface area contributed by atoms with E-state index < -0.39 is 0 Å². The van der Waals surface area contributed by atoms with Crippen LogP contribution in [0.3, 0.4) is 0 Å². The van der Waals surface area contributed by atoms with Gasteiger partial charge in [0.1, 0.15) is 0 Å². The predicted octanol–water partition coefficient (Wildman–Crippen LogP) is 2.81. The van der Waals surface area contributed by atoms with Gasteiger partial charge in [-0.15, -0.1) is 0 Å². The third-order valence-electron chi connectivity index (χ3n) is 3.08. The highest BCUT2D eigenvalue weighted by Crippen LogP contribution is 2.28. The summed E-state index contributed by atoms with van der Waals surface area (Å²) in [5, 5.41) is 4.95. The van der Waals surface area contributed by atoms with Gasteiger partial charge >= 0.3 is 0 Å². The molecule has 2 aromatic rings. The normalized spacial score (nSPS) is 12.6. The van der Waals surface area contributed by atoms with E-state index in [-0.39, 0.29) is 6.04 Å². The lowest BCUT2D eigenvalue weighted by Crippen LogP contribution is -2.31. The Balaban J connectivity index is 2.44. The molecule has 0 amide bonds. The number of nitrogens with one attached hydrogen (secondary N) is 1. The molecule has 102 valence electrons.